The summed E-state index contributed by atoms with van der Waals surface area (Å²) >= 11 is 1.27. The number of rotatable bonds is 3. The molecule has 138 valence electrons. The molecule has 0 spiro atoms. The first kappa shape index (κ1) is 18.7. The van der Waals surface area contributed by atoms with Crippen LogP contribution in [0.5, 0.6) is 0 Å². The van der Waals surface area contributed by atoms with Gasteiger partial charge in [-0.1, -0.05) is 18.2 Å². The molecule has 0 saturated carbocycles. The Kier molecular flexibility index (Phi) is 5.28. The van der Waals surface area contributed by atoms with Crippen molar-refractivity contribution in [2.45, 2.75) is 26.8 Å². The normalized spacial score (nSPS) is 13.3. The molecule has 0 bridgehead atoms. The highest BCUT2D eigenvalue weighted by molar-refractivity contribution is 7.16. The third-order valence-corrected chi connectivity index (χ3v) is 5.87. The summed E-state index contributed by atoms with van der Waals surface area (Å²) in [6.07, 6.45) is 2.71. The summed E-state index contributed by atoms with van der Waals surface area (Å²) in [5.41, 5.74) is 4.51. The number of thiophene rings is 1. The van der Waals surface area contributed by atoms with E-state index in [-0.39, 0.29) is 12.5 Å². The fourth-order valence-electron chi connectivity index (χ4n) is 3.05. The minimum absolute atomic E-state index is 0.248. The fraction of sp³-hybridized carbons (Fsp3) is 0.250. The van der Waals surface area contributed by atoms with Crippen LogP contribution in [0.2, 0.25) is 0 Å². The molecule has 2 N–H and O–H groups in total. The maximum absolute atomic E-state index is 12.3. The molecule has 2 heterocycles. The average molecular weight is 381 g/mol. The Morgan fingerprint density at radius 3 is 2.85 bits per heavy atom. The van der Waals surface area contributed by atoms with Gasteiger partial charge in [0.15, 0.2) is 0 Å². The molecule has 27 heavy (non-hydrogen) atoms. The Bertz CT molecular complexity index is 985. The van der Waals surface area contributed by atoms with Gasteiger partial charge in [-0.2, -0.15) is 5.26 Å². The second-order valence-electron chi connectivity index (χ2n) is 6.39. The van der Waals surface area contributed by atoms with Crippen molar-refractivity contribution in [3.05, 3.63) is 57.0 Å². The van der Waals surface area contributed by atoms with Crippen LogP contribution >= 0.6 is 11.3 Å². The molecule has 7 heteroatoms. The Balaban J connectivity index is 1.79. The number of carbonyl (C=O) groups is 2. The molecule has 1 aliphatic rings. The minimum Gasteiger partial charge on any atom is -0.465 e. The summed E-state index contributed by atoms with van der Waals surface area (Å²) in [6, 6.07) is 8.05. The number of benzene rings is 1. The number of hydrogen-bond donors (Lipinski definition) is 2. The van der Waals surface area contributed by atoms with Gasteiger partial charge in [-0.25, -0.2) is 4.79 Å². The van der Waals surface area contributed by atoms with E-state index >= 15 is 0 Å². The largest absolute Gasteiger partial charge is 0.465 e. The molecule has 6 nitrogen and oxygen atoms in total. The van der Waals surface area contributed by atoms with Gasteiger partial charge in [0.05, 0.1) is 12.1 Å². The lowest BCUT2D eigenvalue weighted by molar-refractivity contribution is -0.111. The molecule has 0 atom stereocenters. The quantitative estimate of drug-likeness (QED) is 0.788. The van der Waals surface area contributed by atoms with E-state index < -0.39 is 6.09 Å². The molecule has 0 saturated heterocycles. The summed E-state index contributed by atoms with van der Waals surface area (Å²) in [7, 11) is 0. The molecule has 1 aromatic carbocycles. The molecule has 2 aromatic rings. The number of nitrogens with one attached hydrogen (secondary N) is 1. The highest BCUT2D eigenvalue weighted by Gasteiger charge is 2.27. The van der Waals surface area contributed by atoms with Crippen molar-refractivity contribution in [2.24, 2.45) is 0 Å². The topological polar surface area (TPSA) is 93.4 Å². The predicted octanol–water partition coefficient (Wildman–Crippen LogP) is 3.92. The van der Waals surface area contributed by atoms with Crippen LogP contribution in [0, 0.1) is 25.2 Å². The second-order valence-corrected chi connectivity index (χ2v) is 7.49. The molecule has 0 unspecified atom stereocenters. The lowest BCUT2D eigenvalue weighted by Crippen LogP contribution is -2.34. The van der Waals surface area contributed by atoms with E-state index in [0.29, 0.717) is 23.5 Å². The molecular weight excluding hydrogens is 362 g/mol. The first-order valence-electron chi connectivity index (χ1n) is 8.48. The SMILES string of the molecule is Cc1cccc(C=CC(=O)Nc2sc3c(c2C#N)CCN(C(=O)O)C3)c1C. The Morgan fingerprint density at radius 1 is 1.37 bits per heavy atom. The summed E-state index contributed by atoms with van der Waals surface area (Å²) in [5, 5.41) is 21.9. The monoisotopic (exact) mass is 381 g/mol. The number of hydrogen-bond acceptors (Lipinski definition) is 4. The van der Waals surface area contributed by atoms with Crippen molar-refractivity contribution >= 4 is 34.4 Å². The van der Waals surface area contributed by atoms with Crippen LogP contribution in [-0.2, 0) is 17.8 Å². The number of amides is 2. The average Bonchev–Trinajstić information content (AvgIpc) is 2.98. The number of carboxylic acid groups (broad SMARTS) is 1. The van der Waals surface area contributed by atoms with E-state index in [1.54, 1.807) is 6.08 Å². The van der Waals surface area contributed by atoms with Gasteiger partial charge in [0.2, 0.25) is 5.91 Å². The van der Waals surface area contributed by atoms with Crippen LogP contribution in [0.4, 0.5) is 9.80 Å². The number of nitriles is 1. The van der Waals surface area contributed by atoms with Crippen LogP contribution in [0.1, 0.15) is 32.7 Å². The summed E-state index contributed by atoms with van der Waals surface area (Å²) in [5.74, 6) is -0.318. The summed E-state index contributed by atoms with van der Waals surface area (Å²) in [6.45, 7) is 4.62. The maximum Gasteiger partial charge on any atom is 0.407 e. The lowest BCUT2D eigenvalue weighted by Gasteiger charge is -2.23. The molecule has 0 radical (unpaired) electrons. The van der Waals surface area contributed by atoms with Crippen molar-refractivity contribution in [3.8, 4) is 6.07 Å². The van der Waals surface area contributed by atoms with Crippen molar-refractivity contribution in [1.82, 2.24) is 4.90 Å². The van der Waals surface area contributed by atoms with E-state index in [9.17, 15) is 14.9 Å². The Hall–Kier alpha value is -3.11. The van der Waals surface area contributed by atoms with Crippen LogP contribution in [0.25, 0.3) is 6.08 Å². The second kappa shape index (κ2) is 7.64. The Morgan fingerprint density at radius 2 is 2.15 bits per heavy atom. The lowest BCUT2D eigenvalue weighted by atomic mass is 10.0. The molecule has 1 aromatic heterocycles. The zero-order chi connectivity index (χ0) is 19.6. The van der Waals surface area contributed by atoms with Crippen molar-refractivity contribution in [2.75, 3.05) is 11.9 Å². The predicted molar refractivity (Wildman–Crippen MR) is 105 cm³/mol. The van der Waals surface area contributed by atoms with E-state index in [1.165, 1.54) is 22.3 Å². The third-order valence-electron chi connectivity index (χ3n) is 4.74. The zero-order valence-electron chi connectivity index (χ0n) is 15.1. The summed E-state index contributed by atoms with van der Waals surface area (Å²) in [4.78, 5) is 25.6. The van der Waals surface area contributed by atoms with E-state index in [4.69, 9.17) is 5.11 Å². The summed E-state index contributed by atoms with van der Waals surface area (Å²) < 4.78 is 0. The number of fused-ring (bicyclic) bond motifs is 1. The smallest absolute Gasteiger partial charge is 0.407 e. The van der Waals surface area contributed by atoms with Gasteiger partial charge in [-0.3, -0.25) is 4.79 Å². The van der Waals surface area contributed by atoms with Crippen molar-refractivity contribution in [3.63, 3.8) is 0 Å². The van der Waals surface area contributed by atoms with Crippen LogP contribution in [-0.4, -0.2) is 28.6 Å². The number of aryl methyl sites for hydroxylation is 1. The molecule has 0 fully saturated rings. The Labute approximate surface area is 161 Å². The van der Waals surface area contributed by atoms with Gasteiger partial charge in [-0.15, -0.1) is 11.3 Å². The first-order chi connectivity index (χ1) is 12.9. The fourth-order valence-corrected chi connectivity index (χ4v) is 4.26. The molecule has 3 rings (SSSR count). The van der Waals surface area contributed by atoms with Gasteiger partial charge in [0, 0.05) is 17.5 Å². The number of nitrogens with zero attached hydrogens (tertiary/aromatic N) is 2. The maximum atomic E-state index is 12.3. The van der Waals surface area contributed by atoms with Crippen LogP contribution in [0.3, 0.4) is 0 Å². The van der Waals surface area contributed by atoms with Gasteiger partial charge in [0.1, 0.15) is 11.1 Å². The van der Waals surface area contributed by atoms with E-state index in [1.807, 2.05) is 32.0 Å². The molecular formula is C20H19N3O3S. The van der Waals surface area contributed by atoms with Gasteiger partial charge >= 0.3 is 6.09 Å². The first-order valence-corrected chi connectivity index (χ1v) is 9.30. The van der Waals surface area contributed by atoms with E-state index in [2.05, 4.69) is 11.4 Å². The van der Waals surface area contributed by atoms with E-state index in [0.717, 1.165) is 27.1 Å². The highest BCUT2D eigenvalue weighted by atomic mass is 32.1. The van der Waals surface area contributed by atoms with Crippen molar-refractivity contribution in [1.29, 1.82) is 5.26 Å². The molecule has 2 amide bonds. The number of carbonyl (C=O) groups excluding carboxylic acids is 1. The minimum atomic E-state index is -0.977. The zero-order valence-corrected chi connectivity index (χ0v) is 15.9. The van der Waals surface area contributed by atoms with Gasteiger partial charge < -0.3 is 15.3 Å². The third kappa shape index (κ3) is 3.86. The van der Waals surface area contributed by atoms with Gasteiger partial charge in [0.25, 0.3) is 0 Å². The molecule has 0 aliphatic carbocycles. The highest BCUT2D eigenvalue weighted by Crippen LogP contribution is 2.36. The molecule has 1 aliphatic heterocycles. The van der Waals surface area contributed by atoms with Crippen LogP contribution in [0.15, 0.2) is 24.3 Å². The van der Waals surface area contributed by atoms with Crippen LogP contribution < -0.4 is 5.32 Å². The standard InChI is InChI=1S/C20H19N3O3S/c1-12-4-3-5-14(13(12)2)6-7-18(24)22-19-16(10-21)15-8-9-23(20(25)26)11-17(15)27-19/h3-7H,8-9,11H2,1-2H3,(H,22,24)(H,25,26). The van der Waals surface area contributed by atoms with Gasteiger partial charge in [-0.05, 0) is 48.6 Å². The number of anilines is 1. The van der Waals surface area contributed by atoms with Crippen molar-refractivity contribution < 1.29 is 14.7 Å².